The molecule has 3 aromatic rings. The molecule has 1 aliphatic heterocycles. The summed E-state index contributed by atoms with van der Waals surface area (Å²) in [6.45, 7) is 1.78. The SMILES string of the molecule is O=C(O)C(F)(F)F.O=C([C@@H](NS(=O)(=O)c1ccc(OCC2CCCCC2)cc1)C(F)(F)c1ccc(-c2ccc(Cl)cc2)cc1)N1CCNCC1. The number of carboxylic acids is 1. The molecule has 0 spiro atoms. The number of hydrogen-bond acceptors (Lipinski definition) is 6. The number of carboxylic acid groups (broad SMARTS) is 1. The van der Waals surface area contributed by atoms with Gasteiger partial charge in [-0.15, -0.1) is 0 Å². The Hall–Kier alpha value is -3.79. The fraction of sp³-hybridized carbons (Fsp3) is 0.412. The lowest BCUT2D eigenvalue weighted by Gasteiger charge is -2.34. The molecule has 5 rings (SSSR count). The zero-order valence-electron chi connectivity index (χ0n) is 26.8. The van der Waals surface area contributed by atoms with Gasteiger partial charge in [-0.3, -0.25) is 4.79 Å². The van der Waals surface area contributed by atoms with Gasteiger partial charge >= 0.3 is 12.1 Å². The van der Waals surface area contributed by atoms with Gasteiger partial charge in [0.05, 0.1) is 11.5 Å². The molecular formula is C34H37ClF5N3O6S. The Kier molecular flexibility index (Phi) is 13.2. The Morgan fingerprint density at radius 3 is 1.92 bits per heavy atom. The lowest BCUT2D eigenvalue weighted by atomic mass is 9.90. The van der Waals surface area contributed by atoms with Crippen LogP contribution in [0.15, 0.2) is 77.7 Å². The predicted octanol–water partition coefficient (Wildman–Crippen LogP) is 6.47. The minimum atomic E-state index is -5.08. The number of carbonyl (C=O) groups excluding carboxylic acids is 1. The van der Waals surface area contributed by atoms with Crippen molar-refractivity contribution in [3.8, 4) is 16.9 Å². The third kappa shape index (κ3) is 10.6. The molecule has 1 saturated heterocycles. The molecule has 0 aromatic heterocycles. The first-order valence-electron chi connectivity index (χ1n) is 15.9. The van der Waals surface area contributed by atoms with Gasteiger partial charge in [0.15, 0.2) is 6.04 Å². The summed E-state index contributed by atoms with van der Waals surface area (Å²) >= 11 is 5.96. The number of hydrogen-bond donors (Lipinski definition) is 3. The predicted molar refractivity (Wildman–Crippen MR) is 177 cm³/mol. The first-order chi connectivity index (χ1) is 23.6. The number of nitrogens with one attached hydrogen (secondary N) is 2. The maximum atomic E-state index is 16.2. The van der Waals surface area contributed by atoms with Crippen molar-refractivity contribution in [2.75, 3.05) is 32.8 Å². The van der Waals surface area contributed by atoms with Gasteiger partial charge < -0.3 is 20.1 Å². The second-order valence-electron chi connectivity index (χ2n) is 11.9. The molecule has 1 aliphatic carbocycles. The number of benzene rings is 3. The van der Waals surface area contributed by atoms with E-state index in [1.165, 1.54) is 72.7 Å². The Morgan fingerprint density at radius 2 is 1.40 bits per heavy atom. The molecule has 2 fully saturated rings. The summed E-state index contributed by atoms with van der Waals surface area (Å²) < 4.78 is 98.8. The summed E-state index contributed by atoms with van der Waals surface area (Å²) in [6.07, 6.45) is 0.736. The molecule has 272 valence electrons. The number of rotatable bonds is 10. The van der Waals surface area contributed by atoms with Crippen LogP contribution in [0.5, 0.6) is 5.75 Å². The van der Waals surface area contributed by atoms with Crippen molar-refractivity contribution in [2.24, 2.45) is 5.92 Å². The summed E-state index contributed by atoms with van der Waals surface area (Å²) in [6, 6.07) is 15.7. The molecule has 1 heterocycles. The van der Waals surface area contributed by atoms with Gasteiger partial charge in [0.25, 0.3) is 5.92 Å². The van der Waals surface area contributed by atoms with Crippen molar-refractivity contribution in [1.29, 1.82) is 0 Å². The van der Waals surface area contributed by atoms with E-state index in [-0.39, 0.29) is 18.0 Å². The molecule has 9 nitrogen and oxygen atoms in total. The van der Waals surface area contributed by atoms with Gasteiger partial charge in [0.1, 0.15) is 5.75 Å². The maximum Gasteiger partial charge on any atom is 0.490 e. The lowest BCUT2D eigenvalue weighted by Crippen LogP contribution is -2.59. The van der Waals surface area contributed by atoms with E-state index in [4.69, 9.17) is 26.2 Å². The molecule has 2 aliphatic rings. The largest absolute Gasteiger partial charge is 0.493 e. The summed E-state index contributed by atoms with van der Waals surface area (Å²) in [5.41, 5.74) is 0.972. The van der Waals surface area contributed by atoms with Crippen LogP contribution in [0.25, 0.3) is 11.1 Å². The number of ether oxygens (including phenoxy) is 1. The van der Waals surface area contributed by atoms with Gasteiger partial charge in [0, 0.05) is 36.8 Å². The molecule has 1 amide bonds. The molecule has 1 saturated carbocycles. The number of alkyl halides is 5. The van der Waals surface area contributed by atoms with Crippen molar-refractivity contribution < 1.29 is 49.8 Å². The molecule has 1 atom stereocenters. The highest BCUT2D eigenvalue weighted by Crippen LogP contribution is 2.35. The van der Waals surface area contributed by atoms with Crippen LogP contribution >= 0.6 is 11.6 Å². The van der Waals surface area contributed by atoms with Gasteiger partial charge in [-0.1, -0.05) is 67.3 Å². The second kappa shape index (κ2) is 16.9. The number of aliphatic carboxylic acids is 1. The smallest absolute Gasteiger partial charge is 0.490 e. The van der Waals surface area contributed by atoms with Gasteiger partial charge in [-0.05, 0) is 66.3 Å². The van der Waals surface area contributed by atoms with Crippen molar-refractivity contribution in [1.82, 2.24) is 14.9 Å². The zero-order chi connectivity index (χ0) is 36.5. The molecule has 0 bridgehead atoms. The van der Waals surface area contributed by atoms with Gasteiger partial charge in [-0.2, -0.15) is 26.7 Å². The Labute approximate surface area is 291 Å². The summed E-state index contributed by atoms with van der Waals surface area (Å²) in [7, 11) is -4.50. The fourth-order valence-electron chi connectivity index (χ4n) is 5.55. The molecule has 50 heavy (non-hydrogen) atoms. The van der Waals surface area contributed by atoms with Crippen LogP contribution in [0.3, 0.4) is 0 Å². The Balaban J connectivity index is 0.000000727. The first kappa shape index (κ1) is 39.0. The highest BCUT2D eigenvalue weighted by atomic mass is 35.5. The Morgan fingerprint density at radius 1 is 0.880 bits per heavy atom. The van der Waals surface area contributed by atoms with E-state index in [1.807, 2.05) is 0 Å². The van der Waals surface area contributed by atoms with Crippen LogP contribution in [-0.4, -0.2) is 75.3 Å². The molecule has 0 unspecified atom stereocenters. The van der Waals surface area contributed by atoms with E-state index in [0.717, 1.165) is 18.4 Å². The number of nitrogens with zero attached hydrogens (tertiary/aromatic N) is 1. The van der Waals surface area contributed by atoms with Crippen LogP contribution < -0.4 is 14.8 Å². The second-order valence-corrected chi connectivity index (χ2v) is 14.1. The quantitative estimate of drug-likeness (QED) is 0.203. The van der Waals surface area contributed by atoms with Crippen molar-refractivity contribution in [3.63, 3.8) is 0 Å². The van der Waals surface area contributed by atoms with Crippen molar-refractivity contribution in [3.05, 3.63) is 83.4 Å². The third-order valence-electron chi connectivity index (χ3n) is 8.35. The summed E-state index contributed by atoms with van der Waals surface area (Å²) in [5.74, 6) is -6.62. The van der Waals surface area contributed by atoms with Gasteiger partial charge in [-0.25, -0.2) is 13.2 Å². The fourth-order valence-corrected chi connectivity index (χ4v) is 6.86. The highest BCUT2D eigenvalue weighted by molar-refractivity contribution is 7.89. The average molecular weight is 746 g/mol. The molecule has 0 radical (unpaired) electrons. The summed E-state index contributed by atoms with van der Waals surface area (Å²) in [4.78, 5) is 23.4. The Bertz CT molecular complexity index is 1680. The van der Waals surface area contributed by atoms with E-state index in [2.05, 4.69) is 10.0 Å². The van der Waals surface area contributed by atoms with E-state index in [9.17, 15) is 26.4 Å². The van der Waals surface area contributed by atoms with Crippen molar-refractivity contribution in [2.45, 2.75) is 55.1 Å². The van der Waals surface area contributed by atoms with Crippen LogP contribution in [0.1, 0.15) is 37.7 Å². The van der Waals surface area contributed by atoms with Crippen LogP contribution in [0, 0.1) is 5.92 Å². The highest BCUT2D eigenvalue weighted by Gasteiger charge is 2.49. The standard InChI is InChI=1S/C32H36ClF2N3O4S.C2HF3O2/c33-27-12-8-25(9-13-27)24-6-10-26(11-7-24)32(34,35)30(31(39)38-20-18-36-19-21-38)37-43(40,41)29-16-14-28(15-17-29)42-22-23-4-2-1-3-5-23;3-2(4,5)1(6)7/h6-17,23,30,36-37H,1-5,18-22H2;(H,6,7)/t30-;/m1./s1. The molecule has 3 N–H and O–H groups in total. The van der Waals surface area contributed by atoms with Crippen LogP contribution in [0.2, 0.25) is 5.02 Å². The lowest BCUT2D eigenvalue weighted by molar-refractivity contribution is -0.192. The van der Waals surface area contributed by atoms with E-state index in [0.29, 0.717) is 41.9 Å². The molecular weight excluding hydrogens is 709 g/mol. The van der Waals surface area contributed by atoms with Crippen LogP contribution in [-0.2, 0) is 25.5 Å². The van der Waals surface area contributed by atoms with E-state index in [1.54, 1.807) is 24.3 Å². The zero-order valence-corrected chi connectivity index (χ0v) is 28.3. The third-order valence-corrected chi connectivity index (χ3v) is 10.0. The molecule has 3 aromatic carbocycles. The van der Waals surface area contributed by atoms with Crippen LogP contribution in [0.4, 0.5) is 22.0 Å². The minimum absolute atomic E-state index is 0.190. The number of piperazine rings is 1. The van der Waals surface area contributed by atoms with E-state index >= 15 is 8.78 Å². The topological polar surface area (TPSA) is 125 Å². The average Bonchev–Trinajstić information content (AvgIpc) is 3.10. The number of amides is 1. The monoisotopic (exact) mass is 745 g/mol. The summed E-state index contributed by atoms with van der Waals surface area (Å²) in [5, 5.41) is 10.8. The maximum absolute atomic E-state index is 16.2. The number of carbonyl (C=O) groups is 2. The normalized spacial score (nSPS) is 16.6. The number of sulfonamides is 1. The first-order valence-corrected chi connectivity index (χ1v) is 17.7. The van der Waals surface area contributed by atoms with Gasteiger partial charge in [0.2, 0.25) is 15.9 Å². The van der Waals surface area contributed by atoms with Crippen molar-refractivity contribution >= 4 is 33.5 Å². The molecule has 16 heteroatoms. The number of halogens is 6. The minimum Gasteiger partial charge on any atom is -0.493 e. The van der Waals surface area contributed by atoms with E-state index < -0.39 is 45.6 Å².